The van der Waals surface area contributed by atoms with Gasteiger partial charge in [0, 0.05) is 11.8 Å². The number of para-hydroxylation sites is 1. The van der Waals surface area contributed by atoms with Crippen molar-refractivity contribution in [3.05, 3.63) is 71.9 Å². The van der Waals surface area contributed by atoms with Gasteiger partial charge in [-0.1, -0.05) is 56.2 Å². The summed E-state index contributed by atoms with van der Waals surface area (Å²) < 4.78 is 5.99. The molecule has 1 unspecified atom stereocenters. The number of nitrogens with zero attached hydrogens (tertiary/aromatic N) is 1. The standard InChI is InChI=1S/C24H27NO2/c1-2-7-19(9-6-15-26)16-20-8-5-11-23(17-20)27-18-22-14-13-21-10-3-4-12-24(21)25-22/h3-5,8,10-15,17,19H,2,6-7,9,16,18H2,1H3. The van der Waals surface area contributed by atoms with E-state index in [0.29, 0.717) is 18.9 Å². The third-order valence-electron chi connectivity index (χ3n) is 4.86. The van der Waals surface area contributed by atoms with Crippen molar-refractivity contribution in [3.8, 4) is 5.75 Å². The summed E-state index contributed by atoms with van der Waals surface area (Å²) in [7, 11) is 0. The van der Waals surface area contributed by atoms with E-state index in [1.807, 2.05) is 36.4 Å². The van der Waals surface area contributed by atoms with Gasteiger partial charge in [0.15, 0.2) is 0 Å². The lowest BCUT2D eigenvalue weighted by Crippen LogP contribution is -2.05. The van der Waals surface area contributed by atoms with Crippen LogP contribution in [0.1, 0.15) is 43.9 Å². The second-order valence-corrected chi connectivity index (χ2v) is 7.03. The largest absolute Gasteiger partial charge is 0.487 e. The molecule has 0 radical (unpaired) electrons. The van der Waals surface area contributed by atoms with Gasteiger partial charge in [0.2, 0.25) is 0 Å². The summed E-state index contributed by atoms with van der Waals surface area (Å²) >= 11 is 0. The lowest BCUT2D eigenvalue weighted by atomic mass is 9.91. The highest BCUT2D eigenvalue weighted by molar-refractivity contribution is 5.78. The Morgan fingerprint density at radius 1 is 1.04 bits per heavy atom. The Kier molecular flexibility index (Phi) is 6.97. The van der Waals surface area contributed by atoms with E-state index >= 15 is 0 Å². The summed E-state index contributed by atoms with van der Waals surface area (Å²) in [6.45, 7) is 2.65. The third kappa shape index (κ3) is 5.65. The number of hydrogen-bond donors (Lipinski definition) is 0. The number of carbonyl (C=O) groups is 1. The maximum atomic E-state index is 10.7. The minimum Gasteiger partial charge on any atom is -0.487 e. The van der Waals surface area contributed by atoms with Crippen LogP contribution in [0.4, 0.5) is 0 Å². The molecule has 0 N–H and O–H groups in total. The number of benzene rings is 2. The van der Waals surface area contributed by atoms with Crippen molar-refractivity contribution in [1.82, 2.24) is 4.98 Å². The topological polar surface area (TPSA) is 39.2 Å². The fourth-order valence-electron chi connectivity index (χ4n) is 3.50. The average Bonchev–Trinajstić information content (AvgIpc) is 2.71. The first kappa shape index (κ1) is 19.1. The highest BCUT2D eigenvalue weighted by Crippen LogP contribution is 2.22. The Bertz CT molecular complexity index is 875. The minimum atomic E-state index is 0.456. The highest BCUT2D eigenvalue weighted by Gasteiger charge is 2.09. The van der Waals surface area contributed by atoms with E-state index in [2.05, 4.69) is 36.2 Å². The van der Waals surface area contributed by atoms with E-state index < -0.39 is 0 Å². The molecule has 0 fully saturated rings. The van der Waals surface area contributed by atoms with Crippen LogP contribution in [0.5, 0.6) is 5.75 Å². The number of fused-ring (bicyclic) bond motifs is 1. The summed E-state index contributed by atoms with van der Waals surface area (Å²) in [5.41, 5.74) is 3.18. The monoisotopic (exact) mass is 361 g/mol. The van der Waals surface area contributed by atoms with Crippen molar-refractivity contribution in [2.45, 2.75) is 45.6 Å². The zero-order valence-electron chi connectivity index (χ0n) is 15.9. The molecular weight excluding hydrogens is 334 g/mol. The molecule has 1 atom stereocenters. The molecule has 0 spiro atoms. The molecule has 27 heavy (non-hydrogen) atoms. The predicted molar refractivity (Wildman–Crippen MR) is 110 cm³/mol. The molecule has 140 valence electrons. The third-order valence-corrected chi connectivity index (χ3v) is 4.86. The molecule has 0 amide bonds. The van der Waals surface area contributed by atoms with Gasteiger partial charge in [0.25, 0.3) is 0 Å². The fourth-order valence-corrected chi connectivity index (χ4v) is 3.50. The quantitative estimate of drug-likeness (QED) is 0.432. The molecule has 1 aromatic heterocycles. The van der Waals surface area contributed by atoms with E-state index in [1.54, 1.807) is 0 Å². The summed E-state index contributed by atoms with van der Waals surface area (Å²) in [4.78, 5) is 15.4. The number of rotatable bonds is 10. The Morgan fingerprint density at radius 3 is 2.78 bits per heavy atom. The zero-order chi connectivity index (χ0) is 18.9. The molecule has 2 aromatic carbocycles. The molecule has 3 rings (SSSR count). The van der Waals surface area contributed by atoms with Gasteiger partial charge in [0.05, 0.1) is 11.2 Å². The molecule has 3 nitrogen and oxygen atoms in total. The Labute approximate surface area is 161 Å². The van der Waals surface area contributed by atoms with Gasteiger partial charge in [-0.15, -0.1) is 0 Å². The molecule has 0 aliphatic carbocycles. The van der Waals surface area contributed by atoms with Crippen molar-refractivity contribution in [1.29, 1.82) is 0 Å². The van der Waals surface area contributed by atoms with Gasteiger partial charge < -0.3 is 9.53 Å². The fraction of sp³-hybridized carbons (Fsp3) is 0.333. The van der Waals surface area contributed by atoms with Gasteiger partial charge in [-0.3, -0.25) is 0 Å². The normalized spacial score (nSPS) is 12.0. The lowest BCUT2D eigenvalue weighted by Gasteiger charge is -2.15. The maximum Gasteiger partial charge on any atom is 0.130 e. The summed E-state index contributed by atoms with van der Waals surface area (Å²) in [5, 5.41) is 1.14. The van der Waals surface area contributed by atoms with Gasteiger partial charge >= 0.3 is 0 Å². The zero-order valence-corrected chi connectivity index (χ0v) is 15.9. The van der Waals surface area contributed by atoms with Crippen LogP contribution in [0.15, 0.2) is 60.7 Å². The predicted octanol–water partition coefficient (Wildman–Crippen LogP) is 5.75. The van der Waals surface area contributed by atoms with Crippen molar-refractivity contribution in [2.75, 3.05) is 0 Å². The molecule has 1 heterocycles. The second kappa shape index (κ2) is 9.86. The van der Waals surface area contributed by atoms with Crippen LogP contribution in [0, 0.1) is 5.92 Å². The average molecular weight is 361 g/mol. The summed E-state index contributed by atoms with van der Waals surface area (Å²) in [5.74, 6) is 1.42. The van der Waals surface area contributed by atoms with E-state index in [1.165, 1.54) is 5.56 Å². The SMILES string of the molecule is CCCC(CCC=O)Cc1cccc(OCc2ccc3ccccc3n2)c1. The highest BCUT2D eigenvalue weighted by atomic mass is 16.5. The summed E-state index contributed by atoms with van der Waals surface area (Å²) in [6.07, 6.45) is 5.93. The maximum absolute atomic E-state index is 10.7. The number of hydrogen-bond acceptors (Lipinski definition) is 3. The van der Waals surface area contributed by atoms with E-state index in [9.17, 15) is 4.79 Å². The Balaban J connectivity index is 1.63. The first-order chi connectivity index (χ1) is 13.3. The number of aldehydes is 1. The molecule has 3 heteroatoms. The first-order valence-electron chi connectivity index (χ1n) is 9.78. The van der Waals surface area contributed by atoms with Crippen molar-refractivity contribution >= 4 is 17.2 Å². The van der Waals surface area contributed by atoms with Crippen LogP contribution in [0.25, 0.3) is 10.9 Å². The molecule has 0 bridgehead atoms. The smallest absolute Gasteiger partial charge is 0.130 e. The van der Waals surface area contributed by atoms with Crippen LogP contribution in [-0.2, 0) is 17.8 Å². The summed E-state index contributed by atoms with van der Waals surface area (Å²) in [6, 6.07) is 20.5. The van der Waals surface area contributed by atoms with Gasteiger partial charge in [0.1, 0.15) is 18.6 Å². The lowest BCUT2D eigenvalue weighted by molar-refractivity contribution is -0.108. The molecule has 0 saturated carbocycles. The molecule has 0 aliphatic heterocycles. The van der Waals surface area contributed by atoms with Crippen LogP contribution in [0.2, 0.25) is 0 Å². The van der Waals surface area contributed by atoms with Crippen molar-refractivity contribution in [2.24, 2.45) is 5.92 Å². The van der Waals surface area contributed by atoms with Gasteiger partial charge in [-0.05, 0) is 48.6 Å². The van der Waals surface area contributed by atoms with E-state index in [-0.39, 0.29) is 0 Å². The van der Waals surface area contributed by atoms with Gasteiger partial charge in [-0.25, -0.2) is 4.98 Å². The van der Waals surface area contributed by atoms with Gasteiger partial charge in [-0.2, -0.15) is 0 Å². The Hall–Kier alpha value is -2.68. The second-order valence-electron chi connectivity index (χ2n) is 7.03. The number of carbonyl (C=O) groups excluding carboxylic acids is 1. The van der Waals surface area contributed by atoms with Crippen molar-refractivity contribution < 1.29 is 9.53 Å². The van der Waals surface area contributed by atoms with E-state index in [0.717, 1.165) is 54.3 Å². The number of pyridine rings is 1. The minimum absolute atomic E-state index is 0.456. The molecular formula is C24H27NO2. The number of ether oxygens (including phenoxy) is 1. The van der Waals surface area contributed by atoms with E-state index in [4.69, 9.17) is 4.74 Å². The molecule has 3 aromatic rings. The van der Waals surface area contributed by atoms with Crippen molar-refractivity contribution in [3.63, 3.8) is 0 Å². The first-order valence-corrected chi connectivity index (χ1v) is 9.78. The number of aromatic nitrogens is 1. The Morgan fingerprint density at radius 2 is 1.93 bits per heavy atom. The van der Waals surface area contributed by atoms with Crippen LogP contribution < -0.4 is 4.74 Å². The molecule has 0 aliphatic rings. The van der Waals surface area contributed by atoms with Crippen LogP contribution in [0.3, 0.4) is 0 Å². The van der Waals surface area contributed by atoms with Crippen LogP contribution in [-0.4, -0.2) is 11.3 Å². The molecule has 0 saturated heterocycles. The van der Waals surface area contributed by atoms with Crippen LogP contribution >= 0.6 is 0 Å².